The molecule has 1 aromatic carbocycles. The van der Waals surface area contributed by atoms with Crippen LogP contribution in [0.2, 0.25) is 0 Å². The van der Waals surface area contributed by atoms with Gasteiger partial charge in [-0.2, -0.15) is 5.10 Å². The summed E-state index contributed by atoms with van der Waals surface area (Å²) in [6.45, 7) is 12.2. The summed E-state index contributed by atoms with van der Waals surface area (Å²) in [4.78, 5) is 21.6. The van der Waals surface area contributed by atoms with Crippen LogP contribution in [0.25, 0.3) is 11.0 Å². The van der Waals surface area contributed by atoms with E-state index in [9.17, 15) is 4.79 Å². The van der Waals surface area contributed by atoms with Crippen LogP contribution < -0.4 is 0 Å². The van der Waals surface area contributed by atoms with Crippen molar-refractivity contribution in [3.8, 4) is 0 Å². The highest BCUT2D eigenvalue weighted by atomic mass is 16.2. The molecule has 1 saturated heterocycles. The van der Waals surface area contributed by atoms with Crippen LogP contribution in [0.4, 0.5) is 0 Å². The minimum atomic E-state index is 0.231. The summed E-state index contributed by atoms with van der Waals surface area (Å²) in [6, 6.07) is 4.29. The van der Waals surface area contributed by atoms with Gasteiger partial charge in [0, 0.05) is 64.0 Å². The lowest BCUT2D eigenvalue weighted by Crippen LogP contribution is -2.48. The summed E-state index contributed by atoms with van der Waals surface area (Å²) < 4.78 is 4.05. The highest BCUT2D eigenvalue weighted by Crippen LogP contribution is 2.19. The molecular formula is C22H30N6O. The normalized spacial score (nSPS) is 15.3. The van der Waals surface area contributed by atoms with Crippen molar-refractivity contribution in [3.63, 3.8) is 0 Å². The Kier molecular flexibility index (Phi) is 5.67. The molecule has 29 heavy (non-hydrogen) atoms. The molecule has 0 spiro atoms. The third-order valence-electron chi connectivity index (χ3n) is 5.94. The summed E-state index contributed by atoms with van der Waals surface area (Å²) in [6.07, 6.45) is 6.42. The van der Waals surface area contributed by atoms with E-state index in [4.69, 9.17) is 0 Å². The van der Waals surface area contributed by atoms with E-state index in [0.717, 1.165) is 50.3 Å². The van der Waals surface area contributed by atoms with Crippen molar-refractivity contribution in [1.29, 1.82) is 0 Å². The van der Waals surface area contributed by atoms with Crippen molar-refractivity contribution < 1.29 is 4.79 Å². The molecule has 7 heteroatoms. The van der Waals surface area contributed by atoms with Gasteiger partial charge >= 0.3 is 0 Å². The number of carbonyl (C=O) groups is 1. The van der Waals surface area contributed by atoms with Crippen molar-refractivity contribution in [1.82, 2.24) is 29.1 Å². The first-order valence-electron chi connectivity index (χ1n) is 10.5. The first-order chi connectivity index (χ1) is 14.0. The Morgan fingerprint density at radius 1 is 1.10 bits per heavy atom. The van der Waals surface area contributed by atoms with Crippen molar-refractivity contribution in [2.75, 3.05) is 26.2 Å². The average Bonchev–Trinajstić information content (AvgIpc) is 3.34. The van der Waals surface area contributed by atoms with E-state index in [1.807, 2.05) is 22.1 Å². The van der Waals surface area contributed by atoms with Crippen LogP contribution in [0.1, 0.15) is 30.0 Å². The Morgan fingerprint density at radius 2 is 1.86 bits per heavy atom. The number of aromatic nitrogens is 4. The van der Waals surface area contributed by atoms with Crippen LogP contribution in [0.3, 0.4) is 0 Å². The fourth-order valence-electron chi connectivity index (χ4n) is 3.94. The highest BCUT2D eigenvalue weighted by Gasteiger charge is 2.21. The van der Waals surface area contributed by atoms with Gasteiger partial charge in [0.15, 0.2) is 0 Å². The number of carbonyl (C=O) groups excluding carboxylic acids is 1. The summed E-state index contributed by atoms with van der Waals surface area (Å²) in [5, 5.41) is 4.34. The van der Waals surface area contributed by atoms with E-state index in [1.54, 1.807) is 0 Å². The smallest absolute Gasteiger partial charge is 0.224 e. The van der Waals surface area contributed by atoms with Gasteiger partial charge in [-0.05, 0) is 44.0 Å². The molecular weight excluding hydrogens is 364 g/mol. The summed E-state index contributed by atoms with van der Waals surface area (Å²) in [5.41, 5.74) is 5.85. The minimum Gasteiger partial charge on any atom is -0.340 e. The predicted octanol–water partition coefficient (Wildman–Crippen LogP) is 2.60. The third-order valence-corrected chi connectivity index (χ3v) is 5.94. The zero-order chi connectivity index (χ0) is 20.4. The van der Waals surface area contributed by atoms with E-state index >= 15 is 0 Å². The van der Waals surface area contributed by atoms with E-state index in [1.165, 1.54) is 16.7 Å². The Bertz CT molecular complexity index is 996. The second-order valence-corrected chi connectivity index (χ2v) is 7.97. The standard InChI is InChI=1S/C22H30N6O/c1-4-28-15-19(13-24-28)14-25-7-9-26(10-8-25)22(29)5-6-27-16-23-20-11-17(2)18(3)12-21(20)27/h11-13,15-16H,4-10,14H2,1-3H3. The van der Waals surface area contributed by atoms with E-state index in [-0.39, 0.29) is 5.91 Å². The molecule has 0 bridgehead atoms. The van der Waals surface area contributed by atoms with Crippen LogP contribution in [-0.4, -0.2) is 61.2 Å². The van der Waals surface area contributed by atoms with Gasteiger partial charge in [0.2, 0.25) is 5.91 Å². The topological polar surface area (TPSA) is 59.2 Å². The van der Waals surface area contributed by atoms with Gasteiger partial charge in [0.25, 0.3) is 0 Å². The number of fused-ring (bicyclic) bond motifs is 1. The van der Waals surface area contributed by atoms with E-state index < -0.39 is 0 Å². The molecule has 7 nitrogen and oxygen atoms in total. The first-order valence-corrected chi connectivity index (χ1v) is 10.5. The number of piperazine rings is 1. The predicted molar refractivity (Wildman–Crippen MR) is 114 cm³/mol. The van der Waals surface area contributed by atoms with Gasteiger partial charge < -0.3 is 9.47 Å². The van der Waals surface area contributed by atoms with Crippen LogP contribution in [0, 0.1) is 13.8 Å². The molecule has 0 saturated carbocycles. The van der Waals surface area contributed by atoms with Crippen molar-refractivity contribution in [3.05, 3.63) is 47.5 Å². The van der Waals surface area contributed by atoms with Gasteiger partial charge in [-0.1, -0.05) is 0 Å². The third kappa shape index (κ3) is 4.34. The fourth-order valence-corrected chi connectivity index (χ4v) is 3.94. The summed E-state index contributed by atoms with van der Waals surface area (Å²) >= 11 is 0. The molecule has 1 aliphatic heterocycles. The van der Waals surface area contributed by atoms with Crippen LogP contribution in [0.5, 0.6) is 0 Å². The molecule has 1 amide bonds. The van der Waals surface area contributed by atoms with Crippen molar-refractivity contribution in [2.45, 2.75) is 46.8 Å². The molecule has 0 atom stereocenters. The second-order valence-electron chi connectivity index (χ2n) is 7.97. The minimum absolute atomic E-state index is 0.231. The maximum absolute atomic E-state index is 12.7. The number of aryl methyl sites for hydroxylation is 4. The molecule has 0 aliphatic carbocycles. The SMILES string of the molecule is CCn1cc(CN2CCN(C(=O)CCn3cnc4cc(C)c(C)cc43)CC2)cn1. The Morgan fingerprint density at radius 3 is 2.59 bits per heavy atom. The Hall–Kier alpha value is -2.67. The molecule has 3 aromatic rings. The molecule has 4 rings (SSSR count). The maximum Gasteiger partial charge on any atom is 0.224 e. The van der Waals surface area contributed by atoms with Gasteiger partial charge in [-0.3, -0.25) is 14.4 Å². The number of nitrogens with zero attached hydrogens (tertiary/aromatic N) is 6. The summed E-state index contributed by atoms with van der Waals surface area (Å²) in [5.74, 6) is 0.231. The number of hydrogen-bond acceptors (Lipinski definition) is 4. The number of benzene rings is 1. The number of hydrogen-bond donors (Lipinski definition) is 0. The zero-order valence-electron chi connectivity index (χ0n) is 17.6. The molecule has 1 aliphatic rings. The summed E-state index contributed by atoms with van der Waals surface area (Å²) in [7, 11) is 0. The lowest BCUT2D eigenvalue weighted by Gasteiger charge is -2.34. The van der Waals surface area contributed by atoms with E-state index in [2.05, 4.69) is 58.7 Å². The number of imidazole rings is 1. The molecule has 154 valence electrons. The molecule has 0 radical (unpaired) electrons. The number of amides is 1. The van der Waals surface area contributed by atoms with Crippen molar-refractivity contribution >= 4 is 16.9 Å². The zero-order valence-corrected chi connectivity index (χ0v) is 17.6. The average molecular weight is 395 g/mol. The van der Waals surface area contributed by atoms with Gasteiger partial charge in [-0.15, -0.1) is 0 Å². The Balaban J connectivity index is 1.28. The molecule has 3 heterocycles. The first kappa shape index (κ1) is 19.6. The van der Waals surface area contributed by atoms with Gasteiger partial charge in [0.05, 0.1) is 23.6 Å². The lowest BCUT2D eigenvalue weighted by atomic mass is 10.1. The quantitative estimate of drug-likeness (QED) is 0.645. The molecule has 2 aromatic heterocycles. The molecule has 1 fully saturated rings. The van der Waals surface area contributed by atoms with Gasteiger partial charge in [-0.25, -0.2) is 4.98 Å². The fraction of sp³-hybridized carbons (Fsp3) is 0.500. The monoisotopic (exact) mass is 394 g/mol. The lowest BCUT2D eigenvalue weighted by molar-refractivity contribution is -0.133. The van der Waals surface area contributed by atoms with Crippen LogP contribution >= 0.6 is 0 Å². The van der Waals surface area contributed by atoms with Crippen molar-refractivity contribution in [2.24, 2.45) is 0 Å². The number of rotatable bonds is 6. The highest BCUT2D eigenvalue weighted by molar-refractivity contribution is 5.78. The van der Waals surface area contributed by atoms with Crippen LogP contribution in [-0.2, 0) is 24.4 Å². The van der Waals surface area contributed by atoms with Gasteiger partial charge in [0.1, 0.15) is 0 Å². The maximum atomic E-state index is 12.7. The van der Waals surface area contributed by atoms with Crippen LogP contribution in [0.15, 0.2) is 30.9 Å². The molecule has 0 unspecified atom stereocenters. The second kappa shape index (κ2) is 8.37. The Labute approximate surface area is 171 Å². The molecule has 0 N–H and O–H groups in total. The van der Waals surface area contributed by atoms with E-state index in [0.29, 0.717) is 13.0 Å². The largest absolute Gasteiger partial charge is 0.340 e.